The van der Waals surface area contributed by atoms with Crippen molar-refractivity contribution in [1.29, 1.82) is 0 Å². The Morgan fingerprint density at radius 3 is 2.62 bits per heavy atom. The summed E-state index contributed by atoms with van der Waals surface area (Å²) in [7, 11) is 5.57. The van der Waals surface area contributed by atoms with Gasteiger partial charge in [-0.3, -0.25) is 0 Å². The standard InChI is InChI=1S/C11H14ClNOS2/c1-13(2,11(15)16)7-8-6-9(12)4-5-10(8)14-3/h4-6H,7H2,1-3H3. The molecule has 0 fully saturated rings. The smallest absolute Gasteiger partial charge is 0.127 e. The van der Waals surface area contributed by atoms with Crippen molar-refractivity contribution in [3.63, 3.8) is 0 Å². The van der Waals surface area contributed by atoms with Crippen LogP contribution < -0.4 is 4.74 Å². The molecular formula is C11H14ClNOS2. The Morgan fingerprint density at radius 2 is 2.12 bits per heavy atom. The van der Waals surface area contributed by atoms with Crippen LogP contribution in [-0.2, 0) is 19.2 Å². The van der Waals surface area contributed by atoms with Crippen LogP contribution in [0.4, 0.5) is 0 Å². The second-order valence-electron chi connectivity index (χ2n) is 4.07. The molecule has 0 aromatic heterocycles. The van der Waals surface area contributed by atoms with Gasteiger partial charge >= 0.3 is 0 Å². The van der Waals surface area contributed by atoms with Gasteiger partial charge in [-0.05, 0) is 18.2 Å². The van der Waals surface area contributed by atoms with E-state index in [9.17, 15) is 0 Å². The third-order valence-electron chi connectivity index (χ3n) is 2.30. The van der Waals surface area contributed by atoms with Gasteiger partial charge < -0.3 is 34.1 Å². The Hall–Kier alpha value is -0.420. The topological polar surface area (TPSA) is 9.23 Å². The molecule has 0 spiro atoms. The van der Waals surface area contributed by atoms with Gasteiger partial charge in [-0.2, -0.15) is 0 Å². The third-order valence-corrected chi connectivity index (χ3v) is 3.53. The highest BCUT2D eigenvalue weighted by atomic mass is 35.5. The number of methoxy groups -OCH3 is 1. The molecule has 0 heterocycles. The minimum absolute atomic E-state index is 0.460. The summed E-state index contributed by atoms with van der Waals surface area (Å²) >= 11 is 16.1. The van der Waals surface area contributed by atoms with Crippen molar-refractivity contribution in [3.05, 3.63) is 28.8 Å². The minimum atomic E-state index is 0.460. The number of nitrogens with zero attached hydrogens (tertiary/aromatic N) is 1. The first-order valence-electron chi connectivity index (χ1n) is 4.74. The van der Waals surface area contributed by atoms with Crippen LogP contribution in [0, 0.1) is 0 Å². The molecule has 1 rings (SSSR count). The van der Waals surface area contributed by atoms with Gasteiger partial charge in [0.25, 0.3) is 0 Å². The van der Waals surface area contributed by atoms with E-state index in [0.717, 1.165) is 11.3 Å². The number of benzene rings is 1. The number of halogens is 1. The molecule has 2 nitrogen and oxygen atoms in total. The first-order chi connectivity index (χ1) is 7.36. The van der Waals surface area contributed by atoms with Crippen molar-refractivity contribution >= 4 is 40.8 Å². The normalized spacial score (nSPS) is 11.2. The first-order valence-corrected chi connectivity index (χ1v) is 5.93. The van der Waals surface area contributed by atoms with E-state index in [1.807, 2.05) is 26.2 Å². The summed E-state index contributed by atoms with van der Waals surface area (Å²) in [5.41, 5.74) is 1.01. The average Bonchev–Trinajstić information content (AvgIpc) is 2.17. The zero-order valence-electron chi connectivity index (χ0n) is 9.49. The predicted octanol–water partition coefficient (Wildman–Crippen LogP) is 2.76. The van der Waals surface area contributed by atoms with Crippen LogP contribution in [0.3, 0.4) is 0 Å². The van der Waals surface area contributed by atoms with E-state index in [1.165, 1.54) is 0 Å². The van der Waals surface area contributed by atoms with E-state index in [-0.39, 0.29) is 0 Å². The third kappa shape index (κ3) is 3.28. The van der Waals surface area contributed by atoms with E-state index < -0.39 is 0 Å². The Kier molecular flexibility index (Phi) is 4.50. The van der Waals surface area contributed by atoms with Crippen molar-refractivity contribution in [3.8, 4) is 5.75 Å². The maximum atomic E-state index is 5.96. The van der Waals surface area contributed by atoms with Crippen molar-refractivity contribution < 1.29 is 9.22 Å². The Bertz CT molecular complexity index is 407. The van der Waals surface area contributed by atoms with E-state index in [0.29, 0.717) is 20.4 Å². The van der Waals surface area contributed by atoms with Crippen LogP contribution in [0.2, 0.25) is 5.02 Å². The van der Waals surface area contributed by atoms with Crippen molar-refractivity contribution in [2.75, 3.05) is 21.2 Å². The number of rotatable bonds is 3. The molecular weight excluding hydrogens is 262 g/mol. The summed E-state index contributed by atoms with van der Waals surface area (Å²) in [6.45, 7) is 0.673. The van der Waals surface area contributed by atoms with Gasteiger partial charge in [-0.1, -0.05) is 11.6 Å². The minimum Gasteiger partial charge on any atom is -0.496 e. The molecule has 5 heteroatoms. The second-order valence-corrected chi connectivity index (χ2v) is 5.53. The fraction of sp³-hybridized carbons (Fsp3) is 0.364. The number of hydrogen-bond donors (Lipinski definition) is 0. The highest BCUT2D eigenvalue weighted by molar-refractivity contribution is 7.99. The number of thiocarbonyl (C=S) groups is 1. The summed E-state index contributed by atoms with van der Waals surface area (Å²) in [5, 5.41) is 0.686. The maximum absolute atomic E-state index is 5.96. The van der Waals surface area contributed by atoms with Gasteiger partial charge in [0.05, 0.1) is 26.8 Å². The summed E-state index contributed by atoms with van der Waals surface area (Å²) in [6.07, 6.45) is 0. The first kappa shape index (κ1) is 13.6. The molecule has 0 radical (unpaired) electrons. The van der Waals surface area contributed by atoms with Crippen LogP contribution >= 0.6 is 23.8 Å². The molecule has 0 saturated heterocycles. The average molecular weight is 276 g/mol. The summed E-state index contributed by atoms with van der Waals surface area (Å²) < 4.78 is 6.26. The van der Waals surface area contributed by atoms with Crippen LogP contribution in [-0.4, -0.2) is 30.0 Å². The lowest BCUT2D eigenvalue weighted by Gasteiger charge is -2.33. The van der Waals surface area contributed by atoms with E-state index in [4.69, 9.17) is 41.2 Å². The largest absolute Gasteiger partial charge is 0.496 e. The predicted molar refractivity (Wildman–Crippen MR) is 73.8 cm³/mol. The molecule has 0 aliphatic heterocycles. The van der Waals surface area contributed by atoms with Crippen LogP contribution in [0.25, 0.3) is 0 Å². The Labute approximate surface area is 112 Å². The molecule has 0 aliphatic carbocycles. The van der Waals surface area contributed by atoms with Gasteiger partial charge in [0.2, 0.25) is 0 Å². The fourth-order valence-electron chi connectivity index (χ4n) is 1.36. The molecule has 0 atom stereocenters. The van der Waals surface area contributed by atoms with Gasteiger partial charge in [-0.15, -0.1) is 0 Å². The summed E-state index contributed by atoms with van der Waals surface area (Å²) in [4.78, 5) is 0. The highest BCUT2D eigenvalue weighted by Gasteiger charge is 2.17. The van der Waals surface area contributed by atoms with E-state index >= 15 is 0 Å². The van der Waals surface area contributed by atoms with E-state index in [1.54, 1.807) is 13.2 Å². The molecule has 0 aliphatic rings. The molecule has 0 amide bonds. The van der Waals surface area contributed by atoms with Crippen LogP contribution in [0.1, 0.15) is 5.56 Å². The molecule has 1 aromatic carbocycles. The lowest BCUT2D eigenvalue weighted by atomic mass is 10.2. The van der Waals surface area contributed by atoms with Gasteiger partial charge in [0.15, 0.2) is 0 Å². The zero-order chi connectivity index (χ0) is 12.3. The van der Waals surface area contributed by atoms with Crippen molar-refractivity contribution in [2.24, 2.45) is 0 Å². The molecule has 1 aromatic rings. The lowest BCUT2D eigenvalue weighted by molar-refractivity contribution is -0.807. The number of ether oxygens (including phenoxy) is 1. The molecule has 88 valence electrons. The van der Waals surface area contributed by atoms with Gasteiger partial charge in [-0.25, -0.2) is 0 Å². The maximum Gasteiger partial charge on any atom is 0.127 e. The molecule has 0 N–H and O–H groups in total. The lowest BCUT2D eigenvalue weighted by Crippen LogP contribution is -2.42. The Morgan fingerprint density at radius 1 is 1.50 bits per heavy atom. The Balaban J connectivity index is 3.04. The highest BCUT2D eigenvalue weighted by Crippen LogP contribution is 2.25. The summed E-state index contributed by atoms with van der Waals surface area (Å²) in [6, 6.07) is 5.54. The van der Waals surface area contributed by atoms with Crippen LogP contribution in [0.5, 0.6) is 5.75 Å². The number of quaternary nitrogens is 1. The van der Waals surface area contributed by atoms with Crippen molar-refractivity contribution in [2.45, 2.75) is 6.54 Å². The van der Waals surface area contributed by atoms with Crippen LogP contribution in [0.15, 0.2) is 18.2 Å². The molecule has 16 heavy (non-hydrogen) atoms. The monoisotopic (exact) mass is 275 g/mol. The van der Waals surface area contributed by atoms with Gasteiger partial charge in [0, 0.05) is 9.34 Å². The number of hydrogen-bond acceptors (Lipinski definition) is 3. The van der Waals surface area contributed by atoms with Crippen molar-refractivity contribution in [1.82, 2.24) is 0 Å². The molecule has 0 bridgehead atoms. The fourth-order valence-corrected chi connectivity index (χ4v) is 1.68. The SMILES string of the molecule is COc1ccc(Cl)cc1C[N+](C)(C)C(=S)[S-]. The molecule has 0 unspecified atom stereocenters. The summed E-state index contributed by atoms with van der Waals surface area (Å²) in [5.74, 6) is 0.807. The van der Waals surface area contributed by atoms with Gasteiger partial charge in [0.1, 0.15) is 12.3 Å². The zero-order valence-corrected chi connectivity index (χ0v) is 11.9. The second kappa shape index (κ2) is 5.27. The van der Waals surface area contributed by atoms with E-state index in [2.05, 4.69) is 0 Å². The quantitative estimate of drug-likeness (QED) is 0.477. The molecule has 0 saturated carbocycles.